The van der Waals surface area contributed by atoms with E-state index in [9.17, 15) is 0 Å². The van der Waals surface area contributed by atoms with Crippen LogP contribution in [-0.4, -0.2) is 16.5 Å². The SMILES string of the molecule is CC1=C[C@@H](CN)[C@H](C(C)C)C[C@H]1Cc1nc2ccc(C)cc2[nH]1. The third-order valence-electron chi connectivity index (χ3n) is 5.48. The van der Waals surface area contributed by atoms with Crippen LogP contribution in [0.2, 0.25) is 0 Å². The summed E-state index contributed by atoms with van der Waals surface area (Å²) in [5, 5.41) is 0. The number of aromatic nitrogens is 2. The van der Waals surface area contributed by atoms with E-state index < -0.39 is 0 Å². The van der Waals surface area contributed by atoms with Gasteiger partial charge in [-0.05, 0) is 68.2 Å². The van der Waals surface area contributed by atoms with Crippen molar-refractivity contribution < 1.29 is 0 Å². The lowest BCUT2D eigenvalue weighted by molar-refractivity contribution is 0.230. The van der Waals surface area contributed by atoms with E-state index in [4.69, 9.17) is 10.7 Å². The van der Waals surface area contributed by atoms with Crippen molar-refractivity contribution in [3.8, 4) is 0 Å². The third kappa shape index (κ3) is 3.35. The van der Waals surface area contributed by atoms with Crippen LogP contribution in [-0.2, 0) is 6.42 Å². The minimum absolute atomic E-state index is 0.532. The number of nitrogens with one attached hydrogen (secondary N) is 1. The number of imidazole rings is 1. The molecule has 0 radical (unpaired) electrons. The molecule has 3 nitrogen and oxygen atoms in total. The zero-order valence-corrected chi connectivity index (χ0v) is 14.8. The Morgan fingerprint density at radius 3 is 2.78 bits per heavy atom. The molecule has 0 spiro atoms. The van der Waals surface area contributed by atoms with Crippen molar-refractivity contribution in [2.24, 2.45) is 29.4 Å². The first-order chi connectivity index (χ1) is 11.0. The molecule has 23 heavy (non-hydrogen) atoms. The van der Waals surface area contributed by atoms with Crippen LogP contribution in [0.5, 0.6) is 0 Å². The zero-order chi connectivity index (χ0) is 16.6. The second-order valence-electron chi connectivity index (χ2n) is 7.56. The Kier molecular flexibility index (Phi) is 4.58. The number of aryl methyl sites for hydroxylation is 1. The van der Waals surface area contributed by atoms with E-state index in [1.165, 1.54) is 17.6 Å². The normalized spacial score (nSPS) is 25.1. The summed E-state index contributed by atoms with van der Waals surface area (Å²) in [6, 6.07) is 6.41. The molecule has 0 aliphatic heterocycles. The molecule has 1 aromatic carbocycles. The van der Waals surface area contributed by atoms with E-state index in [2.05, 4.69) is 57.0 Å². The molecule has 3 rings (SSSR count). The molecule has 0 bridgehead atoms. The van der Waals surface area contributed by atoms with Crippen LogP contribution < -0.4 is 5.73 Å². The Labute approximate surface area is 139 Å². The fraction of sp³-hybridized carbons (Fsp3) is 0.550. The Hall–Kier alpha value is -1.61. The second kappa shape index (κ2) is 6.48. The molecule has 1 aliphatic rings. The average Bonchev–Trinajstić information content (AvgIpc) is 2.90. The van der Waals surface area contributed by atoms with Crippen LogP contribution in [0.4, 0.5) is 0 Å². The predicted octanol–water partition coefficient (Wildman–Crippen LogP) is 4.23. The van der Waals surface area contributed by atoms with Gasteiger partial charge >= 0.3 is 0 Å². The summed E-state index contributed by atoms with van der Waals surface area (Å²) in [4.78, 5) is 8.29. The van der Waals surface area contributed by atoms with Crippen molar-refractivity contribution in [3.05, 3.63) is 41.2 Å². The number of benzene rings is 1. The summed E-state index contributed by atoms with van der Waals surface area (Å²) in [6.45, 7) is 9.79. The van der Waals surface area contributed by atoms with Gasteiger partial charge < -0.3 is 10.7 Å². The molecule has 0 saturated carbocycles. The molecule has 0 fully saturated rings. The lowest BCUT2D eigenvalue weighted by atomic mass is 9.70. The number of nitrogens with two attached hydrogens (primary N) is 1. The Morgan fingerprint density at radius 2 is 2.09 bits per heavy atom. The van der Waals surface area contributed by atoms with Crippen LogP contribution in [0.25, 0.3) is 11.0 Å². The second-order valence-corrected chi connectivity index (χ2v) is 7.56. The van der Waals surface area contributed by atoms with Gasteiger partial charge in [-0.3, -0.25) is 0 Å². The maximum absolute atomic E-state index is 5.99. The number of rotatable bonds is 4. The summed E-state index contributed by atoms with van der Waals surface area (Å²) in [7, 11) is 0. The highest BCUT2D eigenvalue weighted by atomic mass is 14.9. The van der Waals surface area contributed by atoms with Crippen molar-refractivity contribution in [1.82, 2.24) is 9.97 Å². The molecule has 124 valence electrons. The molecule has 3 heteroatoms. The molecule has 0 amide bonds. The molecule has 1 aromatic heterocycles. The van der Waals surface area contributed by atoms with Crippen LogP contribution in [0.15, 0.2) is 29.8 Å². The average molecular weight is 311 g/mol. The van der Waals surface area contributed by atoms with E-state index in [1.807, 2.05) is 0 Å². The maximum atomic E-state index is 5.99. The van der Waals surface area contributed by atoms with E-state index >= 15 is 0 Å². The summed E-state index contributed by atoms with van der Waals surface area (Å²) in [5.74, 6) is 3.57. The zero-order valence-electron chi connectivity index (χ0n) is 14.8. The highest BCUT2D eigenvalue weighted by molar-refractivity contribution is 5.75. The van der Waals surface area contributed by atoms with E-state index in [-0.39, 0.29) is 0 Å². The molecule has 0 saturated heterocycles. The van der Waals surface area contributed by atoms with Crippen molar-refractivity contribution in [2.45, 2.75) is 40.5 Å². The molecule has 1 aliphatic carbocycles. The van der Waals surface area contributed by atoms with Crippen molar-refractivity contribution in [3.63, 3.8) is 0 Å². The van der Waals surface area contributed by atoms with Gasteiger partial charge in [0.15, 0.2) is 0 Å². The van der Waals surface area contributed by atoms with Gasteiger partial charge in [-0.25, -0.2) is 4.98 Å². The van der Waals surface area contributed by atoms with Crippen molar-refractivity contribution in [2.75, 3.05) is 6.54 Å². The highest BCUT2D eigenvalue weighted by Crippen LogP contribution is 2.38. The lowest BCUT2D eigenvalue weighted by Gasteiger charge is -2.36. The van der Waals surface area contributed by atoms with Crippen LogP contribution in [0.3, 0.4) is 0 Å². The first-order valence-electron chi connectivity index (χ1n) is 8.81. The van der Waals surface area contributed by atoms with Gasteiger partial charge in [-0.2, -0.15) is 0 Å². The lowest BCUT2D eigenvalue weighted by Crippen LogP contribution is -2.32. The Balaban J connectivity index is 1.83. The summed E-state index contributed by atoms with van der Waals surface area (Å²) in [6.07, 6.45) is 4.64. The standard InChI is InChI=1S/C20H29N3/c1-12(2)17-9-15(14(4)8-16(17)11-21)10-20-22-18-6-5-13(3)7-19(18)23-20/h5-8,12,15-17H,9-11,21H2,1-4H3,(H,22,23)/t15-,16-,17-/m0/s1. The monoisotopic (exact) mass is 311 g/mol. The molecule has 3 N–H and O–H groups in total. The van der Waals surface area contributed by atoms with Gasteiger partial charge in [0.1, 0.15) is 5.82 Å². The number of hydrogen-bond donors (Lipinski definition) is 2. The number of fused-ring (bicyclic) bond motifs is 1. The molecular weight excluding hydrogens is 282 g/mol. The number of H-pyrrole nitrogens is 1. The van der Waals surface area contributed by atoms with Crippen LogP contribution in [0.1, 0.15) is 38.6 Å². The Morgan fingerprint density at radius 1 is 1.30 bits per heavy atom. The van der Waals surface area contributed by atoms with Crippen LogP contribution in [0, 0.1) is 30.6 Å². The summed E-state index contributed by atoms with van der Waals surface area (Å²) >= 11 is 0. The van der Waals surface area contributed by atoms with Gasteiger partial charge in [0.2, 0.25) is 0 Å². The number of aromatic amines is 1. The summed E-state index contributed by atoms with van der Waals surface area (Å²) in [5.41, 5.74) is 11.0. The molecule has 3 atom stereocenters. The minimum atomic E-state index is 0.532. The van der Waals surface area contributed by atoms with Gasteiger partial charge in [0.25, 0.3) is 0 Å². The molecule has 0 unspecified atom stereocenters. The van der Waals surface area contributed by atoms with Crippen molar-refractivity contribution >= 4 is 11.0 Å². The quantitative estimate of drug-likeness (QED) is 0.830. The van der Waals surface area contributed by atoms with E-state index in [0.29, 0.717) is 23.7 Å². The molecular formula is C20H29N3. The largest absolute Gasteiger partial charge is 0.342 e. The van der Waals surface area contributed by atoms with E-state index in [0.717, 1.165) is 29.8 Å². The fourth-order valence-corrected chi connectivity index (χ4v) is 4.05. The third-order valence-corrected chi connectivity index (χ3v) is 5.48. The number of allylic oxidation sites excluding steroid dienone is 1. The highest BCUT2D eigenvalue weighted by Gasteiger charge is 2.31. The summed E-state index contributed by atoms with van der Waals surface area (Å²) < 4.78 is 0. The number of nitrogens with zero attached hydrogens (tertiary/aromatic N) is 1. The first kappa shape index (κ1) is 16.3. The van der Waals surface area contributed by atoms with Crippen molar-refractivity contribution in [1.29, 1.82) is 0 Å². The molecule has 2 aromatic rings. The van der Waals surface area contributed by atoms with Crippen LogP contribution >= 0.6 is 0 Å². The van der Waals surface area contributed by atoms with Gasteiger partial charge in [0, 0.05) is 6.42 Å². The predicted molar refractivity (Wildman–Crippen MR) is 97.3 cm³/mol. The number of hydrogen-bond acceptors (Lipinski definition) is 2. The fourth-order valence-electron chi connectivity index (χ4n) is 4.05. The van der Waals surface area contributed by atoms with E-state index in [1.54, 1.807) is 0 Å². The van der Waals surface area contributed by atoms with Gasteiger partial charge in [-0.15, -0.1) is 0 Å². The smallest absolute Gasteiger partial charge is 0.107 e. The molecule has 1 heterocycles. The topological polar surface area (TPSA) is 54.7 Å². The Bertz CT molecular complexity index is 711. The first-order valence-corrected chi connectivity index (χ1v) is 8.81. The maximum Gasteiger partial charge on any atom is 0.107 e. The minimum Gasteiger partial charge on any atom is -0.342 e. The van der Waals surface area contributed by atoms with Gasteiger partial charge in [-0.1, -0.05) is 31.6 Å². The van der Waals surface area contributed by atoms with Gasteiger partial charge in [0.05, 0.1) is 11.0 Å².